The number of nitrogens with zero attached hydrogens (tertiary/aromatic N) is 1. The molecule has 0 spiro atoms. The van der Waals surface area contributed by atoms with Crippen LogP contribution < -0.4 is 10.5 Å². The highest BCUT2D eigenvalue weighted by Gasteiger charge is 2.05. The lowest BCUT2D eigenvalue weighted by Gasteiger charge is -2.04. The Bertz CT molecular complexity index is 735. The van der Waals surface area contributed by atoms with Crippen molar-refractivity contribution in [1.29, 1.82) is 0 Å². The summed E-state index contributed by atoms with van der Waals surface area (Å²) < 4.78 is 5.74. The van der Waals surface area contributed by atoms with Gasteiger partial charge in [-0.1, -0.05) is 29.8 Å². The fourth-order valence-corrected chi connectivity index (χ4v) is 2.70. The van der Waals surface area contributed by atoms with Crippen molar-refractivity contribution in [2.75, 3.05) is 5.73 Å². The summed E-state index contributed by atoms with van der Waals surface area (Å²) in [5.74, 6) is 0.862. The number of nitrogen functional groups attached to an aromatic ring is 1. The molecule has 2 aromatic carbocycles. The Kier molecular flexibility index (Phi) is 3.88. The van der Waals surface area contributed by atoms with E-state index >= 15 is 0 Å². The molecule has 0 saturated carbocycles. The largest absolute Gasteiger partial charge is 0.486 e. The molecule has 0 fully saturated rings. The third-order valence-corrected chi connectivity index (χ3v) is 3.94. The summed E-state index contributed by atoms with van der Waals surface area (Å²) in [6.07, 6.45) is 0. The number of rotatable bonds is 4. The molecule has 0 aliphatic carbocycles. The average molecular weight is 296 g/mol. The van der Waals surface area contributed by atoms with Gasteiger partial charge in [0.25, 0.3) is 0 Å². The summed E-state index contributed by atoms with van der Waals surface area (Å²) in [6.45, 7) is 2.54. The van der Waals surface area contributed by atoms with Gasteiger partial charge < -0.3 is 10.5 Å². The summed E-state index contributed by atoms with van der Waals surface area (Å²) in [4.78, 5) is 4.59. The molecule has 0 amide bonds. The van der Waals surface area contributed by atoms with Crippen molar-refractivity contribution in [2.45, 2.75) is 13.5 Å². The quantitative estimate of drug-likeness (QED) is 0.731. The number of anilines is 1. The third kappa shape index (κ3) is 3.41. The summed E-state index contributed by atoms with van der Waals surface area (Å²) in [7, 11) is 0. The predicted molar refractivity (Wildman–Crippen MR) is 87.5 cm³/mol. The van der Waals surface area contributed by atoms with Gasteiger partial charge in [-0.15, -0.1) is 11.3 Å². The van der Waals surface area contributed by atoms with Crippen molar-refractivity contribution in [3.8, 4) is 17.0 Å². The second-order valence-electron chi connectivity index (χ2n) is 4.85. The van der Waals surface area contributed by atoms with Crippen LogP contribution in [0.2, 0.25) is 0 Å². The fourth-order valence-electron chi connectivity index (χ4n) is 1.99. The molecule has 0 aliphatic rings. The average Bonchev–Trinajstić information content (AvgIpc) is 2.96. The minimum Gasteiger partial charge on any atom is -0.486 e. The molecule has 0 unspecified atom stereocenters. The lowest BCUT2D eigenvalue weighted by molar-refractivity contribution is 0.305. The van der Waals surface area contributed by atoms with Crippen LogP contribution in [0.1, 0.15) is 10.6 Å². The molecule has 4 heteroatoms. The molecule has 0 aliphatic heterocycles. The van der Waals surface area contributed by atoms with Gasteiger partial charge in [-0.2, -0.15) is 0 Å². The maximum atomic E-state index is 5.80. The van der Waals surface area contributed by atoms with Gasteiger partial charge in [-0.3, -0.25) is 0 Å². The van der Waals surface area contributed by atoms with Crippen LogP contribution in [0.4, 0.5) is 5.69 Å². The van der Waals surface area contributed by atoms with Crippen LogP contribution in [-0.2, 0) is 6.61 Å². The second-order valence-corrected chi connectivity index (χ2v) is 5.80. The van der Waals surface area contributed by atoms with E-state index in [4.69, 9.17) is 10.5 Å². The molecule has 0 bridgehead atoms. The summed E-state index contributed by atoms with van der Waals surface area (Å²) >= 11 is 1.60. The highest BCUT2D eigenvalue weighted by atomic mass is 32.1. The van der Waals surface area contributed by atoms with E-state index in [2.05, 4.69) is 11.9 Å². The monoisotopic (exact) mass is 296 g/mol. The minimum atomic E-state index is 0.482. The van der Waals surface area contributed by atoms with Crippen LogP contribution in [0.25, 0.3) is 11.3 Å². The molecular formula is C17H16N2OS. The normalized spacial score (nSPS) is 10.5. The molecule has 1 aromatic heterocycles. The molecule has 106 valence electrons. The number of aromatic nitrogens is 1. The van der Waals surface area contributed by atoms with Crippen molar-refractivity contribution >= 4 is 17.0 Å². The number of hydrogen-bond donors (Lipinski definition) is 1. The smallest absolute Gasteiger partial charge is 0.140 e. The van der Waals surface area contributed by atoms with Crippen LogP contribution in [0, 0.1) is 6.92 Å². The maximum absolute atomic E-state index is 5.80. The lowest BCUT2D eigenvalue weighted by atomic mass is 10.1. The van der Waals surface area contributed by atoms with Gasteiger partial charge in [0.2, 0.25) is 0 Å². The molecular weight excluding hydrogens is 280 g/mol. The predicted octanol–water partition coefficient (Wildman–Crippen LogP) is 4.28. The standard InChI is InChI=1S/C17H16N2OS/c1-12-5-7-15(8-6-12)20-10-17-19-16(11-21-17)13-3-2-4-14(18)9-13/h2-9,11H,10,18H2,1H3. The highest BCUT2D eigenvalue weighted by Crippen LogP contribution is 2.24. The minimum absolute atomic E-state index is 0.482. The van der Waals surface area contributed by atoms with Crippen LogP contribution in [0.3, 0.4) is 0 Å². The summed E-state index contributed by atoms with van der Waals surface area (Å²) in [5.41, 5.74) is 9.75. The Morgan fingerprint density at radius 2 is 1.95 bits per heavy atom. The van der Waals surface area contributed by atoms with E-state index in [0.29, 0.717) is 6.61 Å². The maximum Gasteiger partial charge on any atom is 0.140 e. The number of nitrogens with two attached hydrogens (primary N) is 1. The number of aryl methyl sites for hydroxylation is 1. The Morgan fingerprint density at radius 1 is 1.14 bits per heavy atom. The molecule has 3 nitrogen and oxygen atoms in total. The number of hydrogen-bond acceptors (Lipinski definition) is 4. The molecule has 21 heavy (non-hydrogen) atoms. The second kappa shape index (κ2) is 5.97. The van der Waals surface area contributed by atoms with Gasteiger partial charge in [0.1, 0.15) is 17.4 Å². The van der Waals surface area contributed by atoms with E-state index in [-0.39, 0.29) is 0 Å². The van der Waals surface area contributed by atoms with E-state index in [9.17, 15) is 0 Å². The van der Waals surface area contributed by atoms with E-state index in [0.717, 1.165) is 27.7 Å². The van der Waals surface area contributed by atoms with Crippen molar-refractivity contribution in [3.63, 3.8) is 0 Å². The molecule has 3 aromatic rings. The molecule has 1 heterocycles. The molecule has 2 N–H and O–H groups in total. The zero-order chi connectivity index (χ0) is 14.7. The van der Waals surface area contributed by atoms with Crippen LogP contribution >= 0.6 is 11.3 Å². The number of benzene rings is 2. The molecule has 0 radical (unpaired) electrons. The first kappa shape index (κ1) is 13.6. The van der Waals surface area contributed by atoms with Crippen LogP contribution in [-0.4, -0.2) is 4.98 Å². The molecule has 0 atom stereocenters. The van der Waals surface area contributed by atoms with Crippen LogP contribution in [0.5, 0.6) is 5.75 Å². The van der Waals surface area contributed by atoms with E-state index in [1.54, 1.807) is 11.3 Å². The Balaban J connectivity index is 1.69. The first-order valence-electron chi connectivity index (χ1n) is 6.70. The SMILES string of the molecule is Cc1ccc(OCc2nc(-c3cccc(N)c3)cs2)cc1. The van der Waals surface area contributed by atoms with Gasteiger partial charge >= 0.3 is 0 Å². The Labute approximate surface area is 128 Å². The zero-order valence-electron chi connectivity index (χ0n) is 11.7. The van der Waals surface area contributed by atoms with Crippen molar-refractivity contribution in [3.05, 3.63) is 64.5 Å². The zero-order valence-corrected chi connectivity index (χ0v) is 12.6. The van der Waals surface area contributed by atoms with Gasteiger partial charge in [-0.25, -0.2) is 4.98 Å². The first-order valence-corrected chi connectivity index (χ1v) is 7.58. The number of ether oxygens (including phenoxy) is 1. The molecule has 3 rings (SSSR count). The fraction of sp³-hybridized carbons (Fsp3) is 0.118. The van der Waals surface area contributed by atoms with Crippen molar-refractivity contribution in [1.82, 2.24) is 4.98 Å². The van der Waals surface area contributed by atoms with E-state index in [1.807, 2.05) is 53.9 Å². The van der Waals surface area contributed by atoms with Gasteiger partial charge in [-0.05, 0) is 31.2 Å². The van der Waals surface area contributed by atoms with Crippen molar-refractivity contribution < 1.29 is 4.74 Å². The summed E-state index contributed by atoms with van der Waals surface area (Å²) in [6, 6.07) is 15.8. The van der Waals surface area contributed by atoms with E-state index < -0.39 is 0 Å². The summed E-state index contributed by atoms with van der Waals surface area (Å²) in [5, 5.41) is 2.98. The van der Waals surface area contributed by atoms with Crippen molar-refractivity contribution in [2.24, 2.45) is 0 Å². The Morgan fingerprint density at radius 3 is 2.71 bits per heavy atom. The molecule has 0 saturated heterocycles. The number of thiazole rings is 1. The first-order chi connectivity index (χ1) is 10.2. The van der Waals surface area contributed by atoms with Crippen LogP contribution in [0.15, 0.2) is 53.9 Å². The van der Waals surface area contributed by atoms with Gasteiger partial charge in [0.15, 0.2) is 0 Å². The van der Waals surface area contributed by atoms with Gasteiger partial charge in [0.05, 0.1) is 5.69 Å². The lowest BCUT2D eigenvalue weighted by Crippen LogP contribution is -1.94. The van der Waals surface area contributed by atoms with Gasteiger partial charge in [0, 0.05) is 16.6 Å². The highest BCUT2D eigenvalue weighted by molar-refractivity contribution is 7.09. The Hall–Kier alpha value is -2.33. The third-order valence-electron chi connectivity index (χ3n) is 3.12. The topological polar surface area (TPSA) is 48.1 Å². The van der Waals surface area contributed by atoms with E-state index in [1.165, 1.54) is 5.56 Å².